The van der Waals surface area contributed by atoms with Gasteiger partial charge in [-0.1, -0.05) is 105 Å². The van der Waals surface area contributed by atoms with Gasteiger partial charge in [0, 0.05) is 5.54 Å². The van der Waals surface area contributed by atoms with Crippen molar-refractivity contribution in [3.63, 3.8) is 0 Å². The highest BCUT2D eigenvalue weighted by Gasteiger charge is 2.32. The first kappa shape index (κ1) is 25.0. The van der Waals surface area contributed by atoms with E-state index < -0.39 is 0 Å². The van der Waals surface area contributed by atoms with Crippen molar-refractivity contribution in [2.75, 3.05) is 13.1 Å². The van der Waals surface area contributed by atoms with Gasteiger partial charge in [-0.3, -0.25) is 4.90 Å². The van der Waals surface area contributed by atoms with Crippen molar-refractivity contribution < 1.29 is 0 Å². The van der Waals surface area contributed by atoms with Gasteiger partial charge in [-0.25, -0.2) is 0 Å². The summed E-state index contributed by atoms with van der Waals surface area (Å²) >= 11 is 0. The van der Waals surface area contributed by atoms with E-state index in [4.69, 9.17) is 0 Å². The van der Waals surface area contributed by atoms with Gasteiger partial charge < -0.3 is 0 Å². The number of hydrogen-bond donors (Lipinski definition) is 0. The minimum atomic E-state index is 0.357. The van der Waals surface area contributed by atoms with Crippen molar-refractivity contribution in [2.24, 2.45) is 5.92 Å². The second kappa shape index (κ2) is 16.2. The van der Waals surface area contributed by atoms with E-state index >= 15 is 0 Å². The molecule has 0 saturated heterocycles. The zero-order valence-electron chi connectivity index (χ0n) is 18.8. The number of hydrogen-bond acceptors (Lipinski definition) is 1. The summed E-state index contributed by atoms with van der Waals surface area (Å²) < 4.78 is 0. The Morgan fingerprint density at radius 2 is 0.920 bits per heavy atom. The summed E-state index contributed by atoms with van der Waals surface area (Å²) in [6.07, 6.45) is 20.0. The van der Waals surface area contributed by atoms with Crippen LogP contribution in [0.5, 0.6) is 0 Å². The second-order valence-electron chi connectivity index (χ2n) is 8.64. The molecule has 152 valence electrons. The molecule has 25 heavy (non-hydrogen) atoms. The van der Waals surface area contributed by atoms with Crippen molar-refractivity contribution in [1.82, 2.24) is 4.90 Å². The van der Waals surface area contributed by atoms with Gasteiger partial charge in [0.1, 0.15) is 0 Å². The Kier molecular flexibility index (Phi) is 16.1. The summed E-state index contributed by atoms with van der Waals surface area (Å²) in [7, 11) is 0. The fourth-order valence-electron chi connectivity index (χ4n) is 4.49. The largest absolute Gasteiger partial charge is 0.298 e. The fraction of sp³-hybridized carbons (Fsp3) is 1.00. The minimum absolute atomic E-state index is 0.357. The molecule has 0 N–H and O–H groups in total. The number of unbranched alkanes of at least 4 members (excludes halogenated alkanes) is 10. The molecule has 0 unspecified atom stereocenters. The molecule has 0 aliphatic carbocycles. The van der Waals surface area contributed by atoms with Gasteiger partial charge in [0.15, 0.2) is 0 Å². The standard InChI is InChI=1S/C24H51N/c1-7-11-13-15-17-19-21-23(22-20-18-16-14-12-8-2)24(5,6)25(9-3)10-4/h23H,7-22H2,1-6H3. The van der Waals surface area contributed by atoms with Gasteiger partial charge in [-0.05, 0) is 45.7 Å². The molecule has 0 aromatic heterocycles. The van der Waals surface area contributed by atoms with E-state index in [-0.39, 0.29) is 0 Å². The molecule has 0 amide bonds. The topological polar surface area (TPSA) is 3.24 Å². The fourth-order valence-corrected chi connectivity index (χ4v) is 4.49. The third kappa shape index (κ3) is 11.3. The summed E-state index contributed by atoms with van der Waals surface area (Å²) in [5.74, 6) is 0.866. The van der Waals surface area contributed by atoms with E-state index in [2.05, 4.69) is 46.4 Å². The molecule has 0 aliphatic rings. The van der Waals surface area contributed by atoms with Crippen LogP contribution in [-0.4, -0.2) is 23.5 Å². The molecule has 0 radical (unpaired) electrons. The van der Waals surface area contributed by atoms with Crippen molar-refractivity contribution >= 4 is 0 Å². The van der Waals surface area contributed by atoms with Crippen LogP contribution in [0.2, 0.25) is 0 Å². The number of rotatable bonds is 18. The molecular weight excluding hydrogens is 302 g/mol. The Labute approximate surface area is 161 Å². The van der Waals surface area contributed by atoms with E-state index in [0.29, 0.717) is 5.54 Å². The SMILES string of the molecule is CCCCCCCCC(CCCCCCCC)C(C)(C)N(CC)CC. The summed E-state index contributed by atoms with van der Waals surface area (Å²) in [4.78, 5) is 2.70. The molecular formula is C24H51N. The van der Waals surface area contributed by atoms with E-state index in [1.807, 2.05) is 0 Å². The van der Waals surface area contributed by atoms with Crippen LogP contribution in [0.1, 0.15) is 131 Å². The summed E-state index contributed by atoms with van der Waals surface area (Å²) in [5, 5.41) is 0. The maximum Gasteiger partial charge on any atom is 0.0181 e. The van der Waals surface area contributed by atoms with Gasteiger partial charge in [0.05, 0.1) is 0 Å². The highest BCUT2D eigenvalue weighted by Crippen LogP contribution is 2.33. The third-order valence-corrected chi connectivity index (χ3v) is 6.39. The molecule has 0 atom stereocenters. The first-order chi connectivity index (χ1) is 12.0. The molecule has 0 heterocycles. The van der Waals surface area contributed by atoms with Crippen LogP contribution in [0.3, 0.4) is 0 Å². The quantitative estimate of drug-likeness (QED) is 0.224. The first-order valence-electron chi connectivity index (χ1n) is 11.8. The van der Waals surface area contributed by atoms with Crippen molar-refractivity contribution in [2.45, 2.75) is 137 Å². The summed E-state index contributed by atoms with van der Waals surface area (Å²) in [6.45, 7) is 16.7. The molecule has 0 rings (SSSR count). The molecule has 1 nitrogen and oxygen atoms in total. The third-order valence-electron chi connectivity index (χ3n) is 6.39. The van der Waals surface area contributed by atoms with Crippen LogP contribution < -0.4 is 0 Å². The van der Waals surface area contributed by atoms with Gasteiger partial charge in [0.25, 0.3) is 0 Å². The van der Waals surface area contributed by atoms with Crippen molar-refractivity contribution in [1.29, 1.82) is 0 Å². The summed E-state index contributed by atoms with van der Waals surface area (Å²) in [6, 6.07) is 0. The van der Waals surface area contributed by atoms with E-state index in [9.17, 15) is 0 Å². The van der Waals surface area contributed by atoms with Gasteiger partial charge >= 0.3 is 0 Å². The Bertz CT molecular complexity index is 251. The van der Waals surface area contributed by atoms with Crippen LogP contribution in [0.15, 0.2) is 0 Å². The molecule has 1 heteroatoms. The van der Waals surface area contributed by atoms with Crippen LogP contribution in [-0.2, 0) is 0 Å². The lowest BCUT2D eigenvalue weighted by Crippen LogP contribution is -2.49. The lowest BCUT2D eigenvalue weighted by atomic mass is 9.78. The van der Waals surface area contributed by atoms with Gasteiger partial charge in [-0.15, -0.1) is 0 Å². The Balaban J connectivity index is 4.39. The maximum absolute atomic E-state index is 2.70. The normalized spacial score (nSPS) is 12.5. The van der Waals surface area contributed by atoms with Crippen LogP contribution in [0.25, 0.3) is 0 Å². The molecule has 0 spiro atoms. The number of nitrogens with zero attached hydrogens (tertiary/aromatic N) is 1. The van der Waals surface area contributed by atoms with Crippen molar-refractivity contribution in [3.8, 4) is 0 Å². The molecule has 0 aromatic rings. The first-order valence-corrected chi connectivity index (χ1v) is 11.8. The monoisotopic (exact) mass is 353 g/mol. The maximum atomic E-state index is 2.70. The molecule has 0 aromatic carbocycles. The highest BCUT2D eigenvalue weighted by atomic mass is 15.2. The molecule has 0 saturated carbocycles. The van der Waals surface area contributed by atoms with E-state index in [1.54, 1.807) is 0 Å². The smallest absolute Gasteiger partial charge is 0.0181 e. The second-order valence-corrected chi connectivity index (χ2v) is 8.64. The average Bonchev–Trinajstić information content (AvgIpc) is 2.59. The van der Waals surface area contributed by atoms with Crippen LogP contribution >= 0.6 is 0 Å². The molecule has 0 fully saturated rings. The van der Waals surface area contributed by atoms with Crippen LogP contribution in [0.4, 0.5) is 0 Å². The lowest BCUT2D eigenvalue weighted by molar-refractivity contribution is 0.0602. The van der Waals surface area contributed by atoms with Gasteiger partial charge in [-0.2, -0.15) is 0 Å². The Hall–Kier alpha value is -0.0400. The Morgan fingerprint density at radius 3 is 1.28 bits per heavy atom. The minimum Gasteiger partial charge on any atom is -0.298 e. The summed E-state index contributed by atoms with van der Waals surface area (Å²) in [5.41, 5.74) is 0.357. The lowest BCUT2D eigenvalue weighted by Gasteiger charge is -2.44. The van der Waals surface area contributed by atoms with E-state index in [1.165, 1.54) is 103 Å². The molecule has 0 bridgehead atoms. The van der Waals surface area contributed by atoms with Crippen molar-refractivity contribution in [3.05, 3.63) is 0 Å². The zero-order valence-corrected chi connectivity index (χ0v) is 18.8. The predicted octanol–water partition coefficient (Wildman–Crippen LogP) is 8.22. The predicted molar refractivity (Wildman–Crippen MR) is 116 cm³/mol. The van der Waals surface area contributed by atoms with Gasteiger partial charge in [0.2, 0.25) is 0 Å². The average molecular weight is 354 g/mol. The molecule has 0 aliphatic heterocycles. The zero-order chi connectivity index (χ0) is 19.0. The van der Waals surface area contributed by atoms with E-state index in [0.717, 1.165) is 5.92 Å². The Morgan fingerprint density at radius 1 is 0.560 bits per heavy atom. The highest BCUT2D eigenvalue weighted by molar-refractivity contribution is 4.88. The van der Waals surface area contributed by atoms with Crippen LogP contribution in [0, 0.1) is 5.92 Å².